The zero-order valence-corrected chi connectivity index (χ0v) is 16.3. The summed E-state index contributed by atoms with van der Waals surface area (Å²) in [6, 6.07) is 7.40. The molecule has 0 aliphatic carbocycles. The number of nitrogen functional groups attached to an aromatic ring is 1. The predicted molar refractivity (Wildman–Crippen MR) is 111 cm³/mol. The summed E-state index contributed by atoms with van der Waals surface area (Å²) in [6.45, 7) is 0. The van der Waals surface area contributed by atoms with E-state index in [-0.39, 0.29) is 22.8 Å². The quantitative estimate of drug-likeness (QED) is 0.349. The van der Waals surface area contributed by atoms with Gasteiger partial charge in [-0.2, -0.15) is 13.2 Å². The molecule has 0 spiro atoms. The van der Waals surface area contributed by atoms with Gasteiger partial charge in [-0.05, 0) is 36.4 Å². The average Bonchev–Trinajstić information content (AvgIpc) is 3.13. The van der Waals surface area contributed by atoms with E-state index in [0.717, 1.165) is 18.2 Å². The number of nitrogens with two attached hydrogens (primary N) is 1. The third-order valence-electron chi connectivity index (χ3n) is 4.36. The molecule has 0 radical (unpaired) electrons. The lowest BCUT2D eigenvalue weighted by Crippen LogP contribution is -2.20. The lowest BCUT2D eigenvalue weighted by Gasteiger charge is -2.11. The highest BCUT2D eigenvalue weighted by Crippen LogP contribution is 2.37. The van der Waals surface area contributed by atoms with Crippen molar-refractivity contribution in [2.45, 2.75) is 6.18 Å². The van der Waals surface area contributed by atoms with Gasteiger partial charge in [0.1, 0.15) is 22.8 Å². The third-order valence-corrected chi connectivity index (χ3v) is 5.25. The number of hydrogen-bond donors (Lipinski definition) is 3. The molecule has 158 valence electrons. The first-order valence-corrected chi connectivity index (χ1v) is 9.63. The fourth-order valence-electron chi connectivity index (χ4n) is 2.97. The van der Waals surface area contributed by atoms with Gasteiger partial charge in [0.15, 0.2) is 0 Å². The number of anilines is 3. The monoisotopic (exact) mass is 447 g/mol. The molecule has 0 bridgehead atoms. The molecule has 2 aromatic carbocycles. The Hall–Kier alpha value is -3.73. The number of carbonyl (C=O) groups excluding carboxylic acids is 1. The van der Waals surface area contributed by atoms with E-state index >= 15 is 0 Å². The Labute approximate surface area is 176 Å². The van der Waals surface area contributed by atoms with Gasteiger partial charge in [-0.15, -0.1) is 11.3 Å². The molecule has 0 unspecified atom stereocenters. The zero-order valence-electron chi connectivity index (χ0n) is 15.5. The van der Waals surface area contributed by atoms with E-state index in [2.05, 4.69) is 20.6 Å². The number of alkyl halides is 3. The Bertz CT molecular complexity index is 1290. The number of nitrogens with zero attached hydrogens (tertiary/aromatic N) is 2. The summed E-state index contributed by atoms with van der Waals surface area (Å²) in [7, 11) is 0. The molecule has 4 rings (SSSR count). The highest BCUT2D eigenvalue weighted by atomic mass is 32.1. The Morgan fingerprint density at radius 3 is 2.45 bits per heavy atom. The molecule has 0 fully saturated rings. The summed E-state index contributed by atoms with van der Waals surface area (Å²) in [5, 5.41) is 6.93. The number of benzene rings is 2. The molecule has 11 heteroatoms. The van der Waals surface area contributed by atoms with E-state index < -0.39 is 23.6 Å². The SMILES string of the molecule is Nc1ncnc2scc(-c3ccc(NC(=O)Nc4cccc(C(F)(F)F)c4)cc3F)c12. The smallest absolute Gasteiger partial charge is 0.383 e. The van der Waals surface area contributed by atoms with Gasteiger partial charge in [0.25, 0.3) is 0 Å². The summed E-state index contributed by atoms with van der Waals surface area (Å²) in [4.78, 5) is 20.8. The van der Waals surface area contributed by atoms with Crippen LogP contribution in [0.4, 0.5) is 39.5 Å². The molecule has 0 aliphatic heterocycles. The van der Waals surface area contributed by atoms with E-state index in [1.165, 1.54) is 41.9 Å². The number of thiophene rings is 1. The molecule has 0 atom stereocenters. The van der Waals surface area contributed by atoms with Gasteiger partial charge in [0.05, 0.1) is 10.9 Å². The van der Waals surface area contributed by atoms with Gasteiger partial charge in [0, 0.05) is 27.9 Å². The van der Waals surface area contributed by atoms with Gasteiger partial charge in [-0.1, -0.05) is 6.07 Å². The van der Waals surface area contributed by atoms with Gasteiger partial charge in [-0.25, -0.2) is 19.2 Å². The van der Waals surface area contributed by atoms with Crippen molar-refractivity contribution in [2.24, 2.45) is 0 Å². The molecule has 31 heavy (non-hydrogen) atoms. The Balaban J connectivity index is 1.53. The lowest BCUT2D eigenvalue weighted by atomic mass is 10.0. The maximum absolute atomic E-state index is 14.8. The van der Waals surface area contributed by atoms with E-state index in [0.29, 0.717) is 15.8 Å². The summed E-state index contributed by atoms with van der Waals surface area (Å²) in [5.41, 5.74) is 5.84. The summed E-state index contributed by atoms with van der Waals surface area (Å²) in [6.07, 6.45) is -3.21. The fraction of sp³-hybridized carbons (Fsp3) is 0.0500. The second kappa shape index (κ2) is 7.84. The number of aromatic nitrogens is 2. The second-order valence-electron chi connectivity index (χ2n) is 6.44. The number of urea groups is 1. The van der Waals surface area contributed by atoms with Gasteiger partial charge in [0.2, 0.25) is 0 Å². The minimum Gasteiger partial charge on any atom is -0.383 e. The molecular weight excluding hydrogens is 434 g/mol. The van der Waals surface area contributed by atoms with Gasteiger partial charge < -0.3 is 16.4 Å². The largest absolute Gasteiger partial charge is 0.416 e. The number of halogens is 4. The maximum atomic E-state index is 14.8. The molecule has 0 saturated carbocycles. The number of carbonyl (C=O) groups is 1. The zero-order chi connectivity index (χ0) is 22.2. The number of amides is 2. The van der Waals surface area contributed by atoms with Gasteiger partial charge in [-0.3, -0.25) is 0 Å². The first-order valence-electron chi connectivity index (χ1n) is 8.75. The van der Waals surface area contributed by atoms with Crippen LogP contribution < -0.4 is 16.4 Å². The molecule has 0 saturated heterocycles. The summed E-state index contributed by atoms with van der Waals surface area (Å²) in [5.74, 6) is -0.400. The third kappa shape index (κ3) is 4.26. The van der Waals surface area contributed by atoms with Crippen LogP contribution in [-0.2, 0) is 6.18 Å². The van der Waals surface area contributed by atoms with E-state index in [1.807, 2.05) is 0 Å². The number of rotatable bonds is 3. The summed E-state index contributed by atoms with van der Waals surface area (Å²) < 4.78 is 53.1. The van der Waals surface area contributed by atoms with Gasteiger partial charge >= 0.3 is 12.2 Å². The molecule has 2 amide bonds. The Kier molecular flexibility index (Phi) is 5.19. The Morgan fingerprint density at radius 2 is 1.74 bits per heavy atom. The highest BCUT2D eigenvalue weighted by molar-refractivity contribution is 7.17. The van der Waals surface area contributed by atoms with Crippen molar-refractivity contribution in [3.05, 3.63) is 65.6 Å². The van der Waals surface area contributed by atoms with Crippen LogP contribution in [0.5, 0.6) is 0 Å². The van der Waals surface area contributed by atoms with E-state index in [4.69, 9.17) is 5.73 Å². The van der Waals surface area contributed by atoms with Crippen molar-refractivity contribution in [3.63, 3.8) is 0 Å². The first-order chi connectivity index (χ1) is 14.7. The van der Waals surface area contributed by atoms with E-state index in [9.17, 15) is 22.4 Å². The maximum Gasteiger partial charge on any atom is 0.416 e. The standard InChI is InChI=1S/C20H13F4N5OS/c21-15-7-12(29-19(30)28-11-3-1-2-10(6-11)20(22,23)24)4-5-13(15)14-8-31-18-16(14)17(25)26-9-27-18/h1-9H,(H2,25,26,27)(H2,28,29,30). The molecule has 4 aromatic rings. The molecule has 4 N–H and O–H groups in total. The normalized spacial score (nSPS) is 11.5. The average molecular weight is 447 g/mol. The number of hydrogen-bond acceptors (Lipinski definition) is 5. The summed E-state index contributed by atoms with van der Waals surface area (Å²) >= 11 is 1.29. The second-order valence-corrected chi connectivity index (χ2v) is 7.30. The predicted octanol–water partition coefficient (Wildman–Crippen LogP) is 5.74. The topological polar surface area (TPSA) is 92.9 Å². The van der Waals surface area contributed by atoms with Crippen molar-refractivity contribution < 1.29 is 22.4 Å². The number of fused-ring (bicyclic) bond motifs is 1. The Morgan fingerprint density at radius 1 is 1.00 bits per heavy atom. The minimum absolute atomic E-state index is 0.0513. The van der Waals surface area contributed by atoms with Crippen LogP contribution in [0.15, 0.2) is 54.2 Å². The number of nitrogens with one attached hydrogen (secondary N) is 2. The lowest BCUT2D eigenvalue weighted by molar-refractivity contribution is -0.137. The van der Waals surface area contributed by atoms with E-state index in [1.54, 1.807) is 5.38 Å². The molecule has 2 aromatic heterocycles. The van der Waals surface area contributed by atoms with Crippen molar-refractivity contribution >= 4 is 44.8 Å². The highest BCUT2D eigenvalue weighted by Gasteiger charge is 2.30. The van der Waals surface area contributed by atoms with Crippen LogP contribution in [0.2, 0.25) is 0 Å². The van der Waals surface area contributed by atoms with Crippen molar-refractivity contribution in [2.75, 3.05) is 16.4 Å². The molecule has 6 nitrogen and oxygen atoms in total. The van der Waals surface area contributed by atoms with Crippen LogP contribution >= 0.6 is 11.3 Å². The minimum atomic E-state index is -4.53. The van der Waals surface area contributed by atoms with Crippen molar-refractivity contribution in [1.29, 1.82) is 0 Å². The first kappa shape index (κ1) is 20.5. The van der Waals surface area contributed by atoms with Crippen LogP contribution in [0.25, 0.3) is 21.3 Å². The van der Waals surface area contributed by atoms with Crippen molar-refractivity contribution in [1.82, 2.24) is 9.97 Å². The van der Waals surface area contributed by atoms with Crippen LogP contribution in [0.3, 0.4) is 0 Å². The van der Waals surface area contributed by atoms with Crippen LogP contribution in [0.1, 0.15) is 5.56 Å². The van der Waals surface area contributed by atoms with Crippen molar-refractivity contribution in [3.8, 4) is 11.1 Å². The fourth-order valence-corrected chi connectivity index (χ4v) is 3.89. The molecular formula is C20H13F4N5OS. The van der Waals surface area contributed by atoms with Crippen LogP contribution in [-0.4, -0.2) is 16.0 Å². The molecule has 2 heterocycles. The van der Waals surface area contributed by atoms with Crippen LogP contribution in [0, 0.1) is 5.82 Å². The molecule has 0 aliphatic rings.